The number of piperidine rings is 1. The number of likely N-dealkylation sites (tertiary alicyclic amines) is 1. The van der Waals surface area contributed by atoms with Gasteiger partial charge in [-0.1, -0.05) is 60.7 Å². The van der Waals surface area contributed by atoms with Crippen LogP contribution in [0.3, 0.4) is 0 Å². The first-order valence-corrected chi connectivity index (χ1v) is 14.8. The second-order valence-corrected chi connectivity index (χ2v) is 11.9. The van der Waals surface area contributed by atoms with Crippen LogP contribution >= 0.6 is 0 Å². The molecule has 4 rings (SSSR count). The summed E-state index contributed by atoms with van der Waals surface area (Å²) < 4.78 is 5.83. The van der Waals surface area contributed by atoms with Gasteiger partial charge in [-0.2, -0.15) is 5.10 Å². The van der Waals surface area contributed by atoms with E-state index in [1.54, 1.807) is 25.8 Å². The molecule has 1 fully saturated rings. The number of carbonyl (C=O) groups excluding carboxylic acids is 3. The predicted octanol–water partition coefficient (Wildman–Crippen LogP) is -0.408. The van der Waals surface area contributed by atoms with E-state index in [9.17, 15) is 24.0 Å². The number of nitrogens with two attached hydrogens (primary N) is 1. The summed E-state index contributed by atoms with van der Waals surface area (Å²) in [7, 11) is 1.65. The fraction of sp³-hybridized carbons (Fsp3) is 0.438. The first kappa shape index (κ1) is 36.8. The van der Waals surface area contributed by atoms with Gasteiger partial charge in [-0.25, -0.2) is 14.6 Å². The Morgan fingerprint density at radius 2 is 1.51 bits per heavy atom. The lowest BCUT2D eigenvalue weighted by molar-refractivity contribution is -0.165. The average Bonchev–Trinajstić information content (AvgIpc) is 3.28. The summed E-state index contributed by atoms with van der Waals surface area (Å²) in [5, 5.41) is 41.2. The lowest BCUT2D eigenvalue weighted by atomic mass is 9.72. The van der Waals surface area contributed by atoms with E-state index < -0.39 is 47.0 Å². The standard InChI is InChI=1S/C28H35N5O4.C4H6O6/c1-27(2,29)25(35)30-22(19-37-18-21-12-8-5-9-13-21)24(34)33-15-14-28(16-20-10-6-4-7-11-20)23(17-33)31-32(3)26(28)36;5-1(3(7)8)2(6)4(9)10/h4-13,22H,14-19,29H2,1-3H3,(H,30,35);1-2,5-6H,(H,7,8)(H,9,10)/t22-,28+;1-,2-/m10/s1. The minimum Gasteiger partial charge on any atom is -0.479 e. The molecule has 0 bridgehead atoms. The van der Waals surface area contributed by atoms with Crippen LogP contribution in [-0.2, 0) is 41.7 Å². The molecule has 7 N–H and O–H groups in total. The number of carboxylic acid groups (broad SMARTS) is 2. The number of aliphatic carboxylic acids is 2. The zero-order valence-electron chi connectivity index (χ0n) is 26.4. The van der Waals surface area contributed by atoms with Crippen molar-refractivity contribution in [2.75, 3.05) is 26.7 Å². The number of aliphatic hydroxyl groups excluding tert-OH is 2. The third-order valence-electron chi connectivity index (χ3n) is 7.73. The molecule has 4 atom stereocenters. The molecule has 1 saturated heterocycles. The van der Waals surface area contributed by atoms with Gasteiger partial charge in [-0.3, -0.25) is 14.4 Å². The maximum Gasteiger partial charge on any atom is 0.335 e. The fourth-order valence-electron chi connectivity index (χ4n) is 5.05. The van der Waals surface area contributed by atoms with Crippen molar-refractivity contribution in [2.24, 2.45) is 16.3 Å². The second-order valence-electron chi connectivity index (χ2n) is 11.9. The molecule has 0 aromatic heterocycles. The summed E-state index contributed by atoms with van der Waals surface area (Å²) in [5.74, 6) is -4.33. The Balaban J connectivity index is 0.000000520. The molecule has 254 valence electrons. The summed E-state index contributed by atoms with van der Waals surface area (Å²) >= 11 is 0. The highest BCUT2D eigenvalue weighted by atomic mass is 16.5. The Bertz CT molecular complexity index is 1450. The third-order valence-corrected chi connectivity index (χ3v) is 7.73. The molecule has 15 heteroatoms. The highest BCUT2D eigenvalue weighted by molar-refractivity contribution is 6.14. The van der Waals surface area contributed by atoms with Gasteiger partial charge in [0.1, 0.15) is 6.04 Å². The van der Waals surface area contributed by atoms with E-state index in [4.69, 9.17) is 30.9 Å². The van der Waals surface area contributed by atoms with E-state index in [0.29, 0.717) is 31.7 Å². The van der Waals surface area contributed by atoms with Gasteiger partial charge in [0.25, 0.3) is 5.91 Å². The van der Waals surface area contributed by atoms with Gasteiger partial charge in [0.05, 0.1) is 36.4 Å². The lowest BCUT2D eigenvalue weighted by Crippen LogP contribution is -2.60. The zero-order valence-corrected chi connectivity index (χ0v) is 26.4. The van der Waals surface area contributed by atoms with Crippen LogP contribution in [-0.4, -0.2) is 116 Å². The van der Waals surface area contributed by atoms with Crippen molar-refractivity contribution in [1.29, 1.82) is 0 Å². The molecule has 2 aromatic carbocycles. The first-order chi connectivity index (χ1) is 22.1. The van der Waals surface area contributed by atoms with Crippen molar-refractivity contribution in [3.8, 4) is 0 Å². The van der Waals surface area contributed by atoms with E-state index in [0.717, 1.165) is 11.1 Å². The van der Waals surface area contributed by atoms with E-state index in [1.165, 1.54) is 5.01 Å². The molecule has 0 spiro atoms. The minimum absolute atomic E-state index is 0.00743. The van der Waals surface area contributed by atoms with E-state index in [2.05, 4.69) is 10.4 Å². The molecule has 2 aliphatic heterocycles. The maximum atomic E-state index is 13.7. The van der Waals surface area contributed by atoms with Gasteiger partial charge in [0.15, 0.2) is 12.2 Å². The number of hydrazone groups is 1. The smallest absolute Gasteiger partial charge is 0.335 e. The van der Waals surface area contributed by atoms with Crippen LogP contribution in [0.4, 0.5) is 0 Å². The van der Waals surface area contributed by atoms with Crippen molar-refractivity contribution < 1.29 is 49.1 Å². The van der Waals surface area contributed by atoms with Gasteiger partial charge in [-0.15, -0.1) is 0 Å². The van der Waals surface area contributed by atoms with E-state index in [-0.39, 0.29) is 25.0 Å². The lowest BCUT2D eigenvalue weighted by Gasteiger charge is -2.39. The number of hydrogen-bond donors (Lipinski definition) is 6. The van der Waals surface area contributed by atoms with Crippen LogP contribution in [0.1, 0.15) is 31.4 Å². The molecule has 2 heterocycles. The summed E-state index contributed by atoms with van der Waals surface area (Å²) in [4.78, 5) is 60.8. The SMILES string of the molecule is CN1N=C2CN(C(=O)[C@@H](COCc3ccccc3)NC(=O)C(C)(C)N)CC[C@@]2(Cc2ccccc2)C1=O.O=C(O)[C@@H](O)[C@H](O)C(=O)O. The third kappa shape index (κ3) is 9.42. The van der Waals surface area contributed by atoms with Crippen LogP contribution in [0.15, 0.2) is 65.8 Å². The topological polar surface area (TPSA) is 232 Å². The highest BCUT2D eigenvalue weighted by Crippen LogP contribution is 2.39. The number of carbonyl (C=O) groups is 5. The van der Waals surface area contributed by atoms with E-state index in [1.807, 2.05) is 60.7 Å². The summed E-state index contributed by atoms with van der Waals surface area (Å²) in [5.41, 5.74) is 6.72. The number of fused-ring (bicyclic) bond motifs is 1. The minimum atomic E-state index is -2.27. The van der Waals surface area contributed by atoms with Gasteiger partial charge < -0.3 is 41.1 Å². The van der Waals surface area contributed by atoms with Crippen LogP contribution in [0.5, 0.6) is 0 Å². The monoisotopic (exact) mass is 655 g/mol. The largest absolute Gasteiger partial charge is 0.479 e. The Morgan fingerprint density at radius 3 is 2.02 bits per heavy atom. The van der Waals surface area contributed by atoms with Gasteiger partial charge in [-0.05, 0) is 37.8 Å². The zero-order chi connectivity index (χ0) is 34.9. The van der Waals surface area contributed by atoms with Crippen molar-refractivity contribution in [1.82, 2.24) is 15.2 Å². The molecular weight excluding hydrogens is 614 g/mol. The van der Waals surface area contributed by atoms with Crippen LogP contribution in [0, 0.1) is 5.41 Å². The Morgan fingerprint density at radius 1 is 0.979 bits per heavy atom. The Kier molecular flexibility index (Phi) is 12.3. The molecule has 15 nitrogen and oxygen atoms in total. The molecule has 0 saturated carbocycles. The normalized spacial score (nSPS) is 19.4. The van der Waals surface area contributed by atoms with Crippen molar-refractivity contribution in [2.45, 2.75) is 57.1 Å². The number of amides is 3. The number of carboxylic acids is 2. The van der Waals surface area contributed by atoms with Gasteiger partial charge in [0.2, 0.25) is 11.8 Å². The van der Waals surface area contributed by atoms with E-state index >= 15 is 0 Å². The van der Waals surface area contributed by atoms with Crippen LogP contribution < -0.4 is 11.1 Å². The Hall–Kier alpha value is -4.70. The average molecular weight is 656 g/mol. The number of rotatable bonds is 12. The number of ether oxygens (including phenoxy) is 1. The molecule has 2 aliphatic rings. The number of hydrogen-bond acceptors (Lipinski definition) is 10. The fourth-order valence-corrected chi connectivity index (χ4v) is 5.05. The molecular formula is C32H41N5O10. The van der Waals surface area contributed by atoms with Gasteiger partial charge >= 0.3 is 11.9 Å². The van der Waals surface area contributed by atoms with Crippen molar-refractivity contribution in [3.63, 3.8) is 0 Å². The first-order valence-electron chi connectivity index (χ1n) is 14.8. The quantitative estimate of drug-likeness (QED) is 0.172. The number of nitrogens with one attached hydrogen (secondary N) is 1. The summed E-state index contributed by atoms with van der Waals surface area (Å²) in [6.45, 7) is 4.04. The number of aliphatic hydroxyl groups is 2. The maximum absolute atomic E-state index is 13.7. The van der Waals surface area contributed by atoms with Crippen molar-refractivity contribution >= 4 is 35.4 Å². The van der Waals surface area contributed by atoms with Crippen LogP contribution in [0.25, 0.3) is 0 Å². The molecule has 47 heavy (non-hydrogen) atoms. The summed E-state index contributed by atoms with van der Waals surface area (Å²) in [6.07, 6.45) is -3.56. The predicted molar refractivity (Wildman–Crippen MR) is 168 cm³/mol. The molecule has 2 aromatic rings. The molecule has 3 amide bonds. The number of nitrogens with zero attached hydrogens (tertiary/aromatic N) is 3. The highest BCUT2D eigenvalue weighted by Gasteiger charge is 2.53. The van der Waals surface area contributed by atoms with Crippen LogP contribution in [0.2, 0.25) is 0 Å². The summed E-state index contributed by atoms with van der Waals surface area (Å²) in [6, 6.07) is 18.5. The Labute approximate surface area is 271 Å². The molecule has 0 unspecified atom stereocenters. The molecule has 0 aliphatic carbocycles. The number of benzene rings is 2. The second kappa shape index (κ2) is 15.7. The van der Waals surface area contributed by atoms with Crippen molar-refractivity contribution in [3.05, 3.63) is 71.8 Å². The molecule has 0 radical (unpaired) electrons. The van der Waals surface area contributed by atoms with Gasteiger partial charge in [0, 0.05) is 13.6 Å².